The number of esters is 2. The molecule has 1 aliphatic carbocycles. The van der Waals surface area contributed by atoms with E-state index in [0.717, 1.165) is 6.26 Å². The van der Waals surface area contributed by atoms with E-state index in [9.17, 15) is 40.2 Å². The van der Waals surface area contributed by atoms with Gasteiger partial charge in [-0.2, -0.15) is 0 Å². The Morgan fingerprint density at radius 1 is 1.15 bits per heavy atom. The number of hydrogen-bond donors (Lipinski definition) is 6. The second-order valence-corrected chi connectivity index (χ2v) is 10.8. The summed E-state index contributed by atoms with van der Waals surface area (Å²) >= 11 is 0. The molecule has 1 saturated carbocycles. The summed E-state index contributed by atoms with van der Waals surface area (Å²) in [6, 6.07) is 0. The van der Waals surface area contributed by atoms with Crippen LogP contribution in [0.25, 0.3) is 0 Å². The number of carbonyl (C=O) groups excluding carboxylic acids is 2. The second-order valence-electron chi connectivity index (χ2n) is 10.8. The van der Waals surface area contributed by atoms with Crippen LogP contribution < -0.4 is 0 Å². The maximum Gasteiger partial charge on any atom is 0.337 e. The van der Waals surface area contributed by atoms with E-state index in [4.69, 9.17) is 23.7 Å². The Kier molecular flexibility index (Phi) is 11.5. The molecule has 0 spiro atoms. The molecule has 12 unspecified atom stereocenters. The molecule has 3 aliphatic rings. The summed E-state index contributed by atoms with van der Waals surface area (Å²) in [6.07, 6.45) is -6.64. The molecule has 40 heavy (non-hydrogen) atoms. The molecule has 2 aliphatic heterocycles. The Bertz CT molecular complexity index is 929. The average Bonchev–Trinajstić information content (AvgIpc) is 3.23. The fourth-order valence-electron chi connectivity index (χ4n) is 5.92. The molecule has 2 heterocycles. The Hall–Kier alpha value is -2.10. The Morgan fingerprint density at radius 3 is 2.45 bits per heavy atom. The first-order valence-corrected chi connectivity index (χ1v) is 13.5. The van der Waals surface area contributed by atoms with Gasteiger partial charge in [-0.05, 0) is 31.1 Å². The van der Waals surface area contributed by atoms with Gasteiger partial charge in [0.05, 0.1) is 44.7 Å². The van der Waals surface area contributed by atoms with Crippen molar-refractivity contribution in [3.63, 3.8) is 0 Å². The van der Waals surface area contributed by atoms with Gasteiger partial charge in [0.1, 0.15) is 24.4 Å². The normalized spacial score (nSPS) is 39.8. The maximum atomic E-state index is 13.1. The number of methoxy groups -OCH3 is 1. The fourth-order valence-corrected chi connectivity index (χ4v) is 5.92. The lowest BCUT2D eigenvalue weighted by molar-refractivity contribution is -0.327. The lowest BCUT2D eigenvalue weighted by atomic mass is 9.82. The van der Waals surface area contributed by atoms with Crippen LogP contribution in [0.3, 0.4) is 0 Å². The molecule has 0 amide bonds. The van der Waals surface area contributed by atoms with E-state index in [0.29, 0.717) is 12.0 Å². The minimum Gasteiger partial charge on any atom is -0.468 e. The molecule has 13 heteroatoms. The van der Waals surface area contributed by atoms with E-state index >= 15 is 0 Å². The number of allylic oxidation sites excluding steroid dienone is 1. The van der Waals surface area contributed by atoms with Crippen molar-refractivity contribution in [2.75, 3.05) is 26.9 Å². The summed E-state index contributed by atoms with van der Waals surface area (Å²) in [5.74, 6) is -2.77. The molecule has 0 aromatic carbocycles. The highest BCUT2D eigenvalue weighted by Gasteiger charge is 2.47. The van der Waals surface area contributed by atoms with E-state index in [1.54, 1.807) is 13.0 Å². The molecular formula is C27H42O13. The average molecular weight is 575 g/mol. The highest BCUT2D eigenvalue weighted by atomic mass is 16.8. The summed E-state index contributed by atoms with van der Waals surface area (Å²) in [5.41, 5.74) is 0.339. The molecule has 2 fully saturated rings. The van der Waals surface area contributed by atoms with Gasteiger partial charge in [0, 0.05) is 24.0 Å². The van der Waals surface area contributed by atoms with Crippen LogP contribution in [0.2, 0.25) is 0 Å². The summed E-state index contributed by atoms with van der Waals surface area (Å²) in [6.45, 7) is 4.70. The third-order valence-electron chi connectivity index (χ3n) is 8.26. The standard InChI is InChI=1S/C27H42O13/c1-5-14-15(7-20(31)37-10-16-12(2)6-18(30)21(16)13(3)8-28)17(25(35)36-4)11-38-26(14)40-27-24(34)23(33)22(32)19(9-29)39-27/h5,11-13,15-16,18-19,21-24,26-30,32-34H,6-10H2,1-4H3/b14-5-. The molecule has 1 saturated heterocycles. The van der Waals surface area contributed by atoms with Gasteiger partial charge in [-0.25, -0.2) is 4.79 Å². The lowest BCUT2D eigenvalue weighted by Gasteiger charge is -2.41. The van der Waals surface area contributed by atoms with Gasteiger partial charge >= 0.3 is 11.9 Å². The van der Waals surface area contributed by atoms with E-state index in [-0.39, 0.29) is 48.9 Å². The smallest absolute Gasteiger partial charge is 0.337 e. The quantitative estimate of drug-likeness (QED) is 0.137. The minimum atomic E-state index is -1.69. The number of aliphatic hydroxyl groups is 6. The lowest BCUT2D eigenvalue weighted by Crippen LogP contribution is -2.60. The van der Waals surface area contributed by atoms with Crippen molar-refractivity contribution in [3.8, 4) is 0 Å². The summed E-state index contributed by atoms with van der Waals surface area (Å²) in [5, 5.41) is 60.1. The molecular weight excluding hydrogens is 532 g/mol. The minimum absolute atomic E-state index is 0.0256. The molecule has 13 nitrogen and oxygen atoms in total. The third kappa shape index (κ3) is 6.85. The molecule has 0 aromatic heterocycles. The number of hydrogen-bond acceptors (Lipinski definition) is 13. The Morgan fingerprint density at radius 2 is 1.85 bits per heavy atom. The highest BCUT2D eigenvalue weighted by Crippen LogP contribution is 2.42. The first-order chi connectivity index (χ1) is 19.0. The zero-order chi connectivity index (χ0) is 29.7. The van der Waals surface area contributed by atoms with E-state index < -0.39 is 67.6 Å². The van der Waals surface area contributed by atoms with E-state index in [2.05, 4.69) is 0 Å². The van der Waals surface area contributed by atoms with Crippen LogP contribution in [0, 0.1) is 29.6 Å². The molecule has 228 valence electrons. The van der Waals surface area contributed by atoms with Crippen molar-refractivity contribution >= 4 is 11.9 Å². The Labute approximate surface area is 232 Å². The van der Waals surface area contributed by atoms with Gasteiger partial charge in [0.2, 0.25) is 6.29 Å². The molecule has 0 radical (unpaired) electrons. The summed E-state index contributed by atoms with van der Waals surface area (Å²) in [7, 11) is 1.18. The predicted molar refractivity (Wildman–Crippen MR) is 136 cm³/mol. The van der Waals surface area contributed by atoms with Gasteiger partial charge in [-0.1, -0.05) is 19.9 Å². The molecule has 0 bridgehead atoms. The number of aliphatic hydroxyl groups excluding tert-OH is 6. The van der Waals surface area contributed by atoms with Crippen molar-refractivity contribution in [2.24, 2.45) is 29.6 Å². The van der Waals surface area contributed by atoms with Gasteiger partial charge in [-0.3, -0.25) is 4.79 Å². The molecule has 3 rings (SSSR count). The van der Waals surface area contributed by atoms with Crippen LogP contribution >= 0.6 is 0 Å². The monoisotopic (exact) mass is 574 g/mol. The van der Waals surface area contributed by atoms with Crippen LogP contribution in [0.1, 0.15) is 33.6 Å². The maximum absolute atomic E-state index is 13.1. The second kappa shape index (κ2) is 14.2. The SMILES string of the molecule is C/C=C1\C(OC2OC(CO)C(O)C(O)C2O)OC=C(C(=O)OC)C1CC(=O)OCC1C(C)CC(O)C1C(C)CO. The largest absolute Gasteiger partial charge is 0.468 e. The molecule has 6 N–H and O–H groups in total. The van der Waals surface area contributed by atoms with Crippen LogP contribution in [-0.4, -0.2) is 113 Å². The molecule has 0 aromatic rings. The van der Waals surface area contributed by atoms with Crippen molar-refractivity contribution in [1.82, 2.24) is 0 Å². The highest BCUT2D eigenvalue weighted by molar-refractivity contribution is 5.90. The van der Waals surface area contributed by atoms with Gasteiger partial charge in [0.25, 0.3) is 0 Å². The zero-order valence-corrected chi connectivity index (χ0v) is 23.2. The van der Waals surface area contributed by atoms with Gasteiger partial charge in [-0.15, -0.1) is 0 Å². The first-order valence-electron chi connectivity index (χ1n) is 13.5. The van der Waals surface area contributed by atoms with Crippen LogP contribution in [-0.2, 0) is 33.3 Å². The van der Waals surface area contributed by atoms with Crippen molar-refractivity contribution in [2.45, 2.75) is 76.7 Å². The number of carbonyl (C=O) groups is 2. The predicted octanol–water partition coefficient (Wildman–Crippen LogP) is -1.03. The van der Waals surface area contributed by atoms with Gasteiger partial charge < -0.3 is 54.3 Å². The van der Waals surface area contributed by atoms with E-state index in [1.165, 1.54) is 7.11 Å². The van der Waals surface area contributed by atoms with Gasteiger partial charge in [0.15, 0.2) is 6.29 Å². The third-order valence-corrected chi connectivity index (χ3v) is 8.26. The zero-order valence-electron chi connectivity index (χ0n) is 23.2. The van der Waals surface area contributed by atoms with Crippen LogP contribution in [0.15, 0.2) is 23.5 Å². The van der Waals surface area contributed by atoms with Crippen molar-refractivity contribution < 1.29 is 63.9 Å². The number of ether oxygens (including phenoxy) is 5. The number of rotatable bonds is 10. The van der Waals surface area contributed by atoms with E-state index in [1.807, 2.05) is 13.8 Å². The fraction of sp³-hybridized carbons (Fsp3) is 0.778. The Balaban J connectivity index is 1.75. The topological polar surface area (TPSA) is 202 Å². The van der Waals surface area contributed by atoms with Crippen molar-refractivity contribution in [3.05, 3.63) is 23.5 Å². The van der Waals surface area contributed by atoms with Crippen LogP contribution in [0.4, 0.5) is 0 Å². The van der Waals surface area contributed by atoms with Crippen LogP contribution in [0.5, 0.6) is 0 Å². The first kappa shape index (κ1) is 32.4. The summed E-state index contributed by atoms with van der Waals surface area (Å²) in [4.78, 5) is 25.6. The van der Waals surface area contributed by atoms with Crippen molar-refractivity contribution in [1.29, 1.82) is 0 Å². The summed E-state index contributed by atoms with van der Waals surface area (Å²) < 4.78 is 27.2. The molecule has 12 atom stereocenters.